The molecule has 1 fully saturated rings. The van der Waals surface area contributed by atoms with Gasteiger partial charge in [-0.25, -0.2) is 4.68 Å². The number of amides is 1. The van der Waals surface area contributed by atoms with Crippen molar-refractivity contribution < 1.29 is 13.9 Å². The van der Waals surface area contributed by atoms with Crippen LogP contribution in [0, 0.1) is 6.92 Å². The van der Waals surface area contributed by atoms with Crippen molar-refractivity contribution in [2.24, 2.45) is 0 Å². The predicted molar refractivity (Wildman–Crippen MR) is 127 cm³/mol. The minimum absolute atomic E-state index is 0.143. The van der Waals surface area contributed by atoms with E-state index >= 15 is 0 Å². The number of methoxy groups -OCH3 is 1. The third-order valence-electron chi connectivity index (χ3n) is 6.33. The van der Waals surface area contributed by atoms with E-state index < -0.39 is 6.04 Å². The smallest absolute Gasteiger partial charge is 0.289 e. The molecular weight excluding hydrogens is 450 g/mol. The van der Waals surface area contributed by atoms with Gasteiger partial charge in [0.1, 0.15) is 6.04 Å². The number of piperazine rings is 1. The zero-order valence-corrected chi connectivity index (χ0v) is 19.7. The van der Waals surface area contributed by atoms with Crippen molar-refractivity contribution >= 4 is 16.8 Å². The Bertz CT molecular complexity index is 1370. The highest BCUT2D eigenvalue weighted by molar-refractivity contribution is 5.91. The van der Waals surface area contributed by atoms with E-state index in [1.165, 1.54) is 6.26 Å². The van der Waals surface area contributed by atoms with Gasteiger partial charge in [-0.2, -0.15) is 0 Å². The van der Waals surface area contributed by atoms with E-state index in [-0.39, 0.29) is 11.5 Å². The van der Waals surface area contributed by atoms with Crippen molar-refractivity contribution in [2.45, 2.75) is 19.5 Å². The maximum atomic E-state index is 13.3. The molecule has 35 heavy (non-hydrogen) atoms. The third-order valence-corrected chi connectivity index (χ3v) is 6.33. The summed E-state index contributed by atoms with van der Waals surface area (Å²) in [6.07, 6.45) is 1.49. The number of nitrogens with zero attached hydrogens (tertiary/aromatic N) is 6. The number of pyridine rings is 1. The molecule has 1 aromatic carbocycles. The molecule has 0 bridgehead atoms. The minimum atomic E-state index is -0.489. The molecule has 11 nitrogen and oxygen atoms in total. The van der Waals surface area contributed by atoms with Crippen molar-refractivity contribution in [3.63, 3.8) is 0 Å². The highest BCUT2D eigenvalue weighted by Crippen LogP contribution is 2.28. The fourth-order valence-electron chi connectivity index (χ4n) is 4.53. The normalized spacial score (nSPS) is 15.5. The van der Waals surface area contributed by atoms with Crippen LogP contribution in [0.3, 0.4) is 0 Å². The molecule has 1 amide bonds. The van der Waals surface area contributed by atoms with E-state index in [0.717, 1.165) is 16.5 Å². The molecule has 11 heteroatoms. The van der Waals surface area contributed by atoms with Crippen molar-refractivity contribution in [1.82, 2.24) is 35.0 Å². The van der Waals surface area contributed by atoms with Crippen LogP contribution in [-0.4, -0.2) is 80.8 Å². The number of carbonyl (C=O) groups excluding carboxylic acids is 1. The fraction of sp³-hybridized carbons (Fsp3) is 0.375. The number of rotatable bonds is 7. The number of ether oxygens (including phenoxy) is 1. The second-order valence-corrected chi connectivity index (χ2v) is 8.61. The van der Waals surface area contributed by atoms with E-state index in [2.05, 4.69) is 25.4 Å². The lowest BCUT2D eigenvalue weighted by atomic mass is 10.0. The number of carbonyl (C=O) groups is 1. The lowest BCUT2D eigenvalue weighted by Crippen LogP contribution is -2.50. The van der Waals surface area contributed by atoms with E-state index in [0.29, 0.717) is 56.5 Å². The Kier molecular flexibility index (Phi) is 6.43. The first-order chi connectivity index (χ1) is 17.0. The van der Waals surface area contributed by atoms with Crippen LogP contribution in [0.4, 0.5) is 0 Å². The highest BCUT2D eigenvalue weighted by atomic mass is 16.5. The number of furan rings is 1. The van der Waals surface area contributed by atoms with Crippen LogP contribution < -0.4 is 5.56 Å². The third kappa shape index (κ3) is 4.60. The number of fused-ring (bicyclic) bond motifs is 1. The van der Waals surface area contributed by atoms with E-state index in [1.807, 2.05) is 31.2 Å². The van der Waals surface area contributed by atoms with Gasteiger partial charge in [-0.3, -0.25) is 14.5 Å². The number of benzene rings is 1. The molecule has 4 heterocycles. The number of aryl methyl sites for hydroxylation is 1. The zero-order chi connectivity index (χ0) is 24.4. The van der Waals surface area contributed by atoms with Gasteiger partial charge in [-0.15, -0.1) is 5.10 Å². The first-order valence-corrected chi connectivity index (χ1v) is 11.5. The molecular formula is C24H27N7O4. The largest absolute Gasteiger partial charge is 0.459 e. The van der Waals surface area contributed by atoms with Gasteiger partial charge in [0.2, 0.25) is 0 Å². The average Bonchev–Trinajstić information content (AvgIpc) is 3.56. The SMILES string of the molecule is COCCn1nnnc1C(c1cc2cc(C)ccc2[nH]c1=O)N1CCN(C(=O)c2ccco2)CC1. The van der Waals surface area contributed by atoms with Crippen LogP contribution in [0.2, 0.25) is 0 Å². The molecule has 1 N–H and O–H groups in total. The monoisotopic (exact) mass is 477 g/mol. The number of hydrogen-bond acceptors (Lipinski definition) is 8. The molecule has 1 atom stereocenters. The van der Waals surface area contributed by atoms with Gasteiger partial charge in [0.15, 0.2) is 11.6 Å². The molecule has 3 aromatic heterocycles. The Balaban J connectivity index is 1.50. The molecule has 182 valence electrons. The van der Waals surface area contributed by atoms with Crippen LogP contribution >= 0.6 is 0 Å². The Morgan fingerprint density at radius 1 is 1.20 bits per heavy atom. The summed E-state index contributed by atoms with van der Waals surface area (Å²) in [4.78, 5) is 33.0. The summed E-state index contributed by atoms with van der Waals surface area (Å²) in [6, 6.07) is 10.7. The Hall–Kier alpha value is -3.83. The standard InChI is InChI=1S/C24H27N7O4/c1-16-5-6-19-17(14-16)15-18(23(32)25-19)21(22-26-27-28-31(22)11-13-34-2)29-7-9-30(10-8-29)24(33)20-4-3-12-35-20/h3-6,12,14-15,21H,7-11,13H2,1-2H3,(H,25,32). The van der Waals surface area contributed by atoms with Crippen molar-refractivity contribution in [2.75, 3.05) is 39.9 Å². The average molecular weight is 478 g/mol. The molecule has 1 aliphatic heterocycles. The summed E-state index contributed by atoms with van der Waals surface area (Å²) < 4.78 is 12.2. The lowest BCUT2D eigenvalue weighted by molar-refractivity contribution is 0.0557. The van der Waals surface area contributed by atoms with Crippen LogP contribution in [0.1, 0.15) is 33.5 Å². The zero-order valence-electron chi connectivity index (χ0n) is 19.7. The number of hydrogen-bond donors (Lipinski definition) is 1. The number of aromatic amines is 1. The Labute approximate surface area is 201 Å². The maximum absolute atomic E-state index is 13.3. The summed E-state index contributed by atoms with van der Waals surface area (Å²) in [6.45, 7) is 4.96. The molecule has 1 aliphatic rings. The predicted octanol–water partition coefficient (Wildman–Crippen LogP) is 1.61. The summed E-state index contributed by atoms with van der Waals surface area (Å²) in [5.74, 6) is 0.736. The molecule has 1 unspecified atom stereocenters. The first-order valence-electron chi connectivity index (χ1n) is 11.5. The first kappa shape index (κ1) is 22.9. The topological polar surface area (TPSA) is 122 Å². The summed E-state index contributed by atoms with van der Waals surface area (Å²) >= 11 is 0. The molecule has 4 aromatic rings. The van der Waals surface area contributed by atoms with E-state index in [4.69, 9.17) is 9.15 Å². The minimum Gasteiger partial charge on any atom is -0.459 e. The molecule has 0 saturated carbocycles. The van der Waals surface area contributed by atoms with Crippen molar-refractivity contribution in [3.8, 4) is 0 Å². The number of H-pyrrole nitrogens is 1. The van der Waals surface area contributed by atoms with Crippen molar-refractivity contribution in [1.29, 1.82) is 0 Å². The van der Waals surface area contributed by atoms with Gasteiger partial charge in [-0.05, 0) is 53.1 Å². The van der Waals surface area contributed by atoms with Crippen LogP contribution in [0.25, 0.3) is 10.9 Å². The van der Waals surface area contributed by atoms with E-state index in [9.17, 15) is 9.59 Å². The second kappa shape index (κ2) is 9.80. The van der Waals surface area contributed by atoms with Gasteiger partial charge in [-0.1, -0.05) is 11.6 Å². The summed E-state index contributed by atoms with van der Waals surface area (Å²) in [7, 11) is 1.62. The second-order valence-electron chi connectivity index (χ2n) is 8.61. The molecule has 5 rings (SSSR count). The Morgan fingerprint density at radius 2 is 2.03 bits per heavy atom. The quantitative estimate of drug-likeness (QED) is 0.426. The highest BCUT2D eigenvalue weighted by Gasteiger charge is 2.34. The lowest BCUT2D eigenvalue weighted by Gasteiger charge is -2.38. The maximum Gasteiger partial charge on any atom is 0.289 e. The number of aromatic nitrogens is 5. The van der Waals surface area contributed by atoms with Gasteiger partial charge in [0, 0.05) is 44.4 Å². The number of tetrazole rings is 1. The van der Waals surface area contributed by atoms with Crippen LogP contribution in [-0.2, 0) is 11.3 Å². The summed E-state index contributed by atoms with van der Waals surface area (Å²) in [5, 5.41) is 13.3. The van der Waals surface area contributed by atoms with Crippen molar-refractivity contribution in [3.05, 3.63) is 75.7 Å². The summed E-state index contributed by atoms with van der Waals surface area (Å²) in [5.41, 5.74) is 2.24. The number of nitrogens with one attached hydrogen (secondary N) is 1. The van der Waals surface area contributed by atoms with Gasteiger partial charge in [0.05, 0.1) is 19.4 Å². The van der Waals surface area contributed by atoms with Crippen LogP contribution in [0.15, 0.2) is 51.9 Å². The van der Waals surface area contributed by atoms with Gasteiger partial charge in [0.25, 0.3) is 11.5 Å². The fourth-order valence-corrected chi connectivity index (χ4v) is 4.53. The molecule has 1 saturated heterocycles. The molecule has 0 radical (unpaired) electrons. The molecule has 0 spiro atoms. The Morgan fingerprint density at radius 3 is 2.77 bits per heavy atom. The van der Waals surface area contributed by atoms with Crippen LogP contribution in [0.5, 0.6) is 0 Å². The molecule has 0 aliphatic carbocycles. The van der Waals surface area contributed by atoms with Gasteiger partial charge >= 0.3 is 0 Å². The van der Waals surface area contributed by atoms with E-state index in [1.54, 1.807) is 28.8 Å². The van der Waals surface area contributed by atoms with Gasteiger partial charge < -0.3 is 19.0 Å².